The number of hydrogen-bond donors (Lipinski definition) is 2. The lowest BCUT2D eigenvalue weighted by Crippen LogP contribution is -2.46. The van der Waals surface area contributed by atoms with Gasteiger partial charge >= 0.3 is 6.18 Å². The Balaban J connectivity index is 0.00000210. The lowest BCUT2D eigenvalue weighted by Gasteiger charge is -2.27. The quantitative estimate of drug-likeness (QED) is 0.726. The molecule has 3 rings (SSSR count). The van der Waals surface area contributed by atoms with Gasteiger partial charge in [0.2, 0.25) is 5.82 Å². The molecule has 2 N–H and O–H groups in total. The maximum atomic E-state index is 13.3. The van der Waals surface area contributed by atoms with Crippen LogP contribution in [0, 0.1) is 0 Å². The van der Waals surface area contributed by atoms with Gasteiger partial charge in [0.15, 0.2) is 0 Å². The van der Waals surface area contributed by atoms with Crippen LogP contribution in [0.3, 0.4) is 0 Å². The molecule has 1 saturated heterocycles. The molecule has 6 nitrogen and oxygen atoms in total. The SMILES string of the molecule is CC(C)n1c(C(F)(F)F)nc2cc(C(=O)NCCN3CCNCC3)ccc21.Cl.Cl. The zero-order valence-electron chi connectivity index (χ0n) is 16.3. The van der Waals surface area contributed by atoms with E-state index in [1.165, 1.54) is 12.1 Å². The third kappa shape index (κ3) is 5.97. The van der Waals surface area contributed by atoms with E-state index in [2.05, 4.69) is 20.5 Å². The van der Waals surface area contributed by atoms with Gasteiger partial charge in [0.1, 0.15) is 0 Å². The lowest BCUT2D eigenvalue weighted by molar-refractivity contribution is -0.147. The standard InChI is InChI=1S/C18H24F3N5O.2ClH/c1-12(2)26-15-4-3-13(11-14(15)24-17(26)18(19,20)21)16(27)23-7-10-25-8-5-22-6-9-25;;/h3-4,11-12,22H,5-10H2,1-2H3,(H,23,27);2*1H. The summed E-state index contributed by atoms with van der Waals surface area (Å²) in [5, 5.41) is 6.09. The summed E-state index contributed by atoms with van der Waals surface area (Å²) in [6, 6.07) is 4.10. The molecule has 0 radical (unpaired) electrons. The molecule has 1 aliphatic rings. The fourth-order valence-corrected chi connectivity index (χ4v) is 3.33. The summed E-state index contributed by atoms with van der Waals surface area (Å²) in [5.74, 6) is -1.25. The Kier molecular flexibility index (Phi) is 9.20. The van der Waals surface area contributed by atoms with Crippen LogP contribution in [-0.4, -0.2) is 59.6 Å². The topological polar surface area (TPSA) is 62.2 Å². The van der Waals surface area contributed by atoms with Crippen molar-refractivity contribution in [3.8, 4) is 0 Å². The highest BCUT2D eigenvalue weighted by molar-refractivity contribution is 5.97. The Morgan fingerprint density at radius 2 is 1.90 bits per heavy atom. The summed E-state index contributed by atoms with van der Waals surface area (Å²) in [6.45, 7) is 8.33. The molecule has 11 heteroatoms. The second-order valence-electron chi connectivity index (χ2n) is 6.95. The fourth-order valence-electron chi connectivity index (χ4n) is 3.33. The molecular weight excluding hydrogens is 430 g/mol. The number of alkyl halides is 3. The summed E-state index contributed by atoms with van der Waals surface area (Å²) in [4.78, 5) is 18.3. The molecule has 0 spiro atoms. The molecule has 29 heavy (non-hydrogen) atoms. The van der Waals surface area contributed by atoms with Gasteiger partial charge in [-0.2, -0.15) is 13.2 Å². The fraction of sp³-hybridized carbons (Fsp3) is 0.556. The van der Waals surface area contributed by atoms with E-state index in [0.29, 0.717) is 17.6 Å². The monoisotopic (exact) mass is 455 g/mol. The third-order valence-electron chi connectivity index (χ3n) is 4.64. The smallest absolute Gasteiger partial charge is 0.351 e. The zero-order valence-corrected chi connectivity index (χ0v) is 17.9. The average Bonchev–Trinajstić information content (AvgIpc) is 3.02. The van der Waals surface area contributed by atoms with Gasteiger partial charge in [-0.1, -0.05) is 0 Å². The maximum absolute atomic E-state index is 13.3. The summed E-state index contributed by atoms with van der Waals surface area (Å²) < 4.78 is 41.0. The van der Waals surface area contributed by atoms with Crippen molar-refractivity contribution in [1.82, 2.24) is 25.1 Å². The molecule has 2 aromatic rings. The van der Waals surface area contributed by atoms with Crippen LogP contribution >= 0.6 is 24.8 Å². The Bertz CT molecular complexity index is 820. The lowest BCUT2D eigenvalue weighted by atomic mass is 10.2. The van der Waals surface area contributed by atoms with Crippen molar-refractivity contribution in [3.05, 3.63) is 29.6 Å². The van der Waals surface area contributed by atoms with Gasteiger partial charge in [-0.3, -0.25) is 9.69 Å². The summed E-state index contributed by atoms with van der Waals surface area (Å²) in [5.41, 5.74) is 0.852. The number of carbonyl (C=O) groups excluding carboxylic acids is 1. The number of fused-ring (bicyclic) bond motifs is 1. The van der Waals surface area contributed by atoms with Gasteiger partial charge < -0.3 is 15.2 Å². The molecule has 2 heterocycles. The van der Waals surface area contributed by atoms with Crippen LogP contribution in [0.1, 0.15) is 36.1 Å². The first-order valence-electron chi connectivity index (χ1n) is 9.08. The zero-order chi connectivity index (χ0) is 19.6. The number of piperazine rings is 1. The molecule has 0 unspecified atom stereocenters. The van der Waals surface area contributed by atoms with E-state index in [1.807, 2.05) is 0 Å². The van der Waals surface area contributed by atoms with Crippen molar-refractivity contribution in [2.24, 2.45) is 0 Å². The van der Waals surface area contributed by atoms with Crippen LogP contribution in [0.25, 0.3) is 11.0 Å². The van der Waals surface area contributed by atoms with E-state index in [4.69, 9.17) is 0 Å². The third-order valence-corrected chi connectivity index (χ3v) is 4.64. The molecule has 0 atom stereocenters. The van der Waals surface area contributed by atoms with Crippen molar-refractivity contribution in [2.45, 2.75) is 26.1 Å². The summed E-state index contributed by atoms with van der Waals surface area (Å²) in [7, 11) is 0. The number of amides is 1. The molecule has 1 amide bonds. The molecule has 1 aromatic carbocycles. The Hall–Kier alpha value is -1.55. The highest BCUT2D eigenvalue weighted by atomic mass is 35.5. The largest absolute Gasteiger partial charge is 0.449 e. The van der Waals surface area contributed by atoms with Crippen LogP contribution in [-0.2, 0) is 6.18 Å². The summed E-state index contributed by atoms with van der Waals surface area (Å²) in [6.07, 6.45) is -4.55. The van der Waals surface area contributed by atoms with E-state index in [9.17, 15) is 18.0 Å². The second kappa shape index (κ2) is 10.5. The minimum Gasteiger partial charge on any atom is -0.351 e. The maximum Gasteiger partial charge on any atom is 0.449 e. The summed E-state index contributed by atoms with van der Waals surface area (Å²) >= 11 is 0. The molecule has 1 fully saturated rings. The number of nitrogens with zero attached hydrogens (tertiary/aromatic N) is 3. The average molecular weight is 456 g/mol. The van der Waals surface area contributed by atoms with Gasteiger partial charge in [0.05, 0.1) is 11.0 Å². The second-order valence-corrected chi connectivity index (χ2v) is 6.95. The number of imidazole rings is 1. The van der Waals surface area contributed by atoms with Gasteiger partial charge in [0.25, 0.3) is 5.91 Å². The van der Waals surface area contributed by atoms with Crippen LogP contribution in [0.15, 0.2) is 18.2 Å². The van der Waals surface area contributed by atoms with E-state index in [0.717, 1.165) is 37.3 Å². The predicted molar refractivity (Wildman–Crippen MR) is 111 cm³/mol. The number of rotatable bonds is 5. The first kappa shape index (κ1) is 25.5. The van der Waals surface area contributed by atoms with E-state index in [1.54, 1.807) is 19.9 Å². The van der Waals surface area contributed by atoms with Crippen molar-refractivity contribution in [3.63, 3.8) is 0 Å². The number of aromatic nitrogens is 2. The van der Waals surface area contributed by atoms with Crippen LogP contribution in [0.2, 0.25) is 0 Å². The van der Waals surface area contributed by atoms with Crippen LogP contribution in [0.4, 0.5) is 13.2 Å². The number of carbonyl (C=O) groups is 1. The molecule has 164 valence electrons. The molecule has 1 aliphatic heterocycles. The highest BCUT2D eigenvalue weighted by Gasteiger charge is 2.38. The molecular formula is C18H26Cl2F3N5O. The molecule has 0 aliphatic carbocycles. The van der Waals surface area contributed by atoms with Gasteiger partial charge in [-0.25, -0.2) is 4.98 Å². The number of hydrogen-bond acceptors (Lipinski definition) is 4. The van der Waals surface area contributed by atoms with Gasteiger partial charge in [-0.05, 0) is 32.0 Å². The van der Waals surface area contributed by atoms with Gasteiger partial charge in [-0.15, -0.1) is 24.8 Å². The molecule has 0 bridgehead atoms. The van der Waals surface area contributed by atoms with E-state index >= 15 is 0 Å². The Morgan fingerprint density at radius 3 is 2.48 bits per heavy atom. The minimum absolute atomic E-state index is 0. The highest BCUT2D eigenvalue weighted by Crippen LogP contribution is 2.33. The number of halogens is 5. The van der Waals surface area contributed by atoms with Gasteiger partial charge in [0, 0.05) is 50.9 Å². The van der Waals surface area contributed by atoms with Crippen molar-refractivity contribution >= 4 is 41.8 Å². The van der Waals surface area contributed by atoms with E-state index < -0.39 is 18.0 Å². The van der Waals surface area contributed by atoms with Crippen molar-refractivity contribution in [2.75, 3.05) is 39.3 Å². The normalized spacial score (nSPS) is 15.1. The predicted octanol–water partition coefficient (Wildman–Crippen LogP) is 3.11. The Labute approximate surface area is 180 Å². The number of nitrogens with one attached hydrogen (secondary N) is 2. The Morgan fingerprint density at radius 1 is 1.24 bits per heavy atom. The van der Waals surface area contributed by atoms with Crippen molar-refractivity contribution < 1.29 is 18.0 Å². The van der Waals surface area contributed by atoms with Crippen molar-refractivity contribution in [1.29, 1.82) is 0 Å². The molecule has 0 saturated carbocycles. The van der Waals surface area contributed by atoms with E-state index in [-0.39, 0.29) is 36.2 Å². The minimum atomic E-state index is -4.55. The first-order valence-corrected chi connectivity index (χ1v) is 9.08. The van der Waals surface area contributed by atoms with Crippen LogP contribution in [0.5, 0.6) is 0 Å². The number of benzene rings is 1. The van der Waals surface area contributed by atoms with Crippen LogP contribution < -0.4 is 10.6 Å². The molecule has 1 aromatic heterocycles. The first-order chi connectivity index (χ1) is 12.8.